The van der Waals surface area contributed by atoms with Crippen molar-refractivity contribution in [2.75, 3.05) is 31.1 Å². The topological polar surface area (TPSA) is 94.2 Å². The van der Waals surface area contributed by atoms with Gasteiger partial charge in [-0.3, -0.25) is 14.6 Å². The third-order valence-corrected chi connectivity index (χ3v) is 7.35. The van der Waals surface area contributed by atoms with Crippen molar-refractivity contribution >= 4 is 61.9 Å². The Balaban J connectivity index is 1.26. The van der Waals surface area contributed by atoms with Crippen LogP contribution in [0.3, 0.4) is 0 Å². The van der Waals surface area contributed by atoms with Crippen molar-refractivity contribution in [2.24, 2.45) is 0 Å². The number of carbonyl (C=O) groups excluding carboxylic acids is 1. The Bertz CT molecular complexity index is 1350. The number of pyridine rings is 3. The lowest BCUT2D eigenvalue weighted by Crippen LogP contribution is -2.56. The Morgan fingerprint density at radius 2 is 1.72 bits per heavy atom. The molecular formula is C23H31B5N6O2. The molecule has 0 bridgehead atoms. The van der Waals surface area contributed by atoms with Gasteiger partial charge in [0.25, 0.3) is 11.5 Å². The van der Waals surface area contributed by atoms with Crippen molar-refractivity contribution in [3.63, 3.8) is 0 Å². The quantitative estimate of drug-likeness (QED) is 0.360. The molecule has 13 heteroatoms. The number of H-pyrrole nitrogens is 1. The van der Waals surface area contributed by atoms with Gasteiger partial charge in [0.15, 0.2) is 0 Å². The van der Waals surface area contributed by atoms with Gasteiger partial charge in [-0.25, -0.2) is 4.98 Å². The lowest BCUT2D eigenvalue weighted by atomic mass is 9.49. The normalized spacial score (nSPS) is 17.3. The van der Waals surface area contributed by atoms with E-state index in [0.717, 1.165) is 66.9 Å². The number of piperazine rings is 1. The highest BCUT2D eigenvalue weighted by molar-refractivity contribution is 6.60. The third-order valence-electron chi connectivity index (χ3n) is 7.35. The molecule has 2 N–H and O–H groups in total. The van der Waals surface area contributed by atoms with Crippen LogP contribution in [0.2, 0.25) is 0 Å². The van der Waals surface area contributed by atoms with Gasteiger partial charge in [-0.15, -0.1) is 0 Å². The molecule has 0 atom stereocenters. The number of aromatic amines is 1. The second-order valence-corrected chi connectivity index (χ2v) is 11.6. The number of rotatable bonds is 6. The molecule has 0 radical (unpaired) electrons. The molecule has 3 aromatic heterocycles. The largest absolute Gasteiger partial charge is 0.368 e. The Morgan fingerprint density at radius 1 is 1.00 bits per heavy atom. The van der Waals surface area contributed by atoms with Gasteiger partial charge in [0, 0.05) is 37.9 Å². The zero-order chi connectivity index (χ0) is 25.7. The van der Waals surface area contributed by atoms with Gasteiger partial charge in [0.2, 0.25) is 0 Å². The molecule has 1 saturated carbocycles. The molecular weight excluding hydrogens is 446 g/mol. The van der Waals surface area contributed by atoms with Crippen molar-refractivity contribution in [1.82, 2.24) is 25.2 Å². The minimum Gasteiger partial charge on any atom is -0.368 e. The maximum absolute atomic E-state index is 12.5. The zero-order valence-electron chi connectivity index (χ0n) is 21.9. The molecule has 1 saturated heterocycles. The first-order chi connectivity index (χ1) is 17.0. The summed E-state index contributed by atoms with van der Waals surface area (Å²) in [6.07, 6.45) is 5.93. The van der Waals surface area contributed by atoms with Crippen LogP contribution < -0.4 is 15.8 Å². The van der Waals surface area contributed by atoms with Crippen molar-refractivity contribution in [1.29, 1.82) is 0 Å². The minimum absolute atomic E-state index is 0.0193. The first-order valence-electron chi connectivity index (χ1n) is 12.8. The summed E-state index contributed by atoms with van der Waals surface area (Å²) in [4.78, 5) is 41.9. The standard InChI is InChI=1S/C23H31B5N6O2/c24-22(25,14-9-19-18(29-11-14)10-16(13-1-2-13)20(35)31-19)34-7-5-33(6-8-34)15-3-4-17(30-12-15)21(36)32-23(26,27)28/h3-4,9-13H,1-2,5-8,24-28H2,(H,31,35)(H,32,36). The number of nitrogens with one attached hydrogen (secondary N) is 2. The molecule has 3 aromatic rings. The van der Waals surface area contributed by atoms with Gasteiger partial charge in [-0.2, -0.15) is 0 Å². The Labute approximate surface area is 216 Å². The molecule has 36 heavy (non-hydrogen) atoms. The average molecular weight is 478 g/mol. The number of nitrogens with zero attached hydrogens (tertiary/aromatic N) is 4. The molecule has 1 amide bonds. The van der Waals surface area contributed by atoms with Gasteiger partial charge < -0.3 is 20.1 Å². The van der Waals surface area contributed by atoms with Crippen LogP contribution in [-0.4, -0.2) is 96.4 Å². The second kappa shape index (κ2) is 9.18. The predicted octanol–water partition coefficient (Wildman–Crippen LogP) is -3.37. The number of fused-ring (bicyclic) bond motifs is 1. The summed E-state index contributed by atoms with van der Waals surface area (Å²) in [5.74, 6) is 0.245. The molecule has 0 spiro atoms. The van der Waals surface area contributed by atoms with E-state index in [4.69, 9.17) is 4.98 Å². The number of hydrogen-bond acceptors (Lipinski definition) is 6. The lowest BCUT2D eigenvalue weighted by molar-refractivity contribution is 0.0947. The molecule has 1 aliphatic heterocycles. The number of amides is 1. The summed E-state index contributed by atoms with van der Waals surface area (Å²) in [6, 6.07) is 7.82. The van der Waals surface area contributed by atoms with E-state index in [-0.39, 0.29) is 22.0 Å². The molecule has 1 aliphatic carbocycles. The zero-order valence-corrected chi connectivity index (χ0v) is 21.9. The molecule has 4 heterocycles. The highest BCUT2D eigenvalue weighted by Gasteiger charge is 2.32. The van der Waals surface area contributed by atoms with Crippen LogP contribution in [0.15, 0.2) is 41.5 Å². The van der Waals surface area contributed by atoms with E-state index in [9.17, 15) is 9.59 Å². The average Bonchev–Trinajstić information content (AvgIpc) is 3.68. The first-order valence-corrected chi connectivity index (χ1v) is 12.8. The van der Waals surface area contributed by atoms with Gasteiger partial charge in [0.1, 0.15) is 44.9 Å². The number of hydrogen-bond donors (Lipinski definition) is 2. The summed E-state index contributed by atoms with van der Waals surface area (Å²) in [6.45, 7) is 3.49. The van der Waals surface area contributed by atoms with Crippen molar-refractivity contribution in [3.8, 4) is 0 Å². The van der Waals surface area contributed by atoms with Crippen molar-refractivity contribution in [3.05, 3.63) is 63.8 Å². The molecule has 8 nitrogen and oxygen atoms in total. The molecule has 2 aliphatic rings. The van der Waals surface area contributed by atoms with Crippen molar-refractivity contribution < 1.29 is 4.79 Å². The van der Waals surface area contributed by atoms with Crippen LogP contribution in [0, 0.1) is 0 Å². The SMILES string of the molecule is BC(B)(B)NC(=O)c1ccc(N2CCN(C(B)(B)c3cnc4cc(C5CC5)c(=O)[nH]c4c3)CC2)cn1. The predicted molar refractivity (Wildman–Crippen MR) is 157 cm³/mol. The number of carbonyl (C=O) groups is 1. The fourth-order valence-electron chi connectivity index (χ4n) is 4.95. The van der Waals surface area contributed by atoms with Crippen LogP contribution in [0.4, 0.5) is 5.69 Å². The van der Waals surface area contributed by atoms with Gasteiger partial charge in [0.05, 0.1) is 22.9 Å². The summed E-state index contributed by atoms with van der Waals surface area (Å²) >= 11 is 0. The lowest BCUT2D eigenvalue weighted by Gasteiger charge is -2.45. The van der Waals surface area contributed by atoms with E-state index in [1.54, 1.807) is 12.3 Å². The third kappa shape index (κ3) is 5.12. The molecule has 5 rings (SSSR count). The van der Waals surface area contributed by atoms with Crippen LogP contribution >= 0.6 is 0 Å². The van der Waals surface area contributed by atoms with Crippen LogP contribution in [0.25, 0.3) is 11.0 Å². The van der Waals surface area contributed by atoms with Gasteiger partial charge in [-0.05, 0) is 59.2 Å². The van der Waals surface area contributed by atoms with E-state index < -0.39 is 0 Å². The fraction of sp³-hybridized carbons (Fsp3) is 0.391. The van der Waals surface area contributed by atoms with Crippen LogP contribution in [-0.2, 0) is 5.34 Å². The molecule has 0 unspecified atom stereocenters. The maximum Gasteiger partial charge on any atom is 0.268 e. The molecule has 0 aromatic carbocycles. The first kappa shape index (κ1) is 24.7. The van der Waals surface area contributed by atoms with Crippen LogP contribution in [0.5, 0.6) is 0 Å². The molecule has 2 fully saturated rings. The molecule has 180 valence electrons. The van der Waals surface area contributed by atoms with E-state index in [1.807, 2.05) is 41.9 Å². The smallest absolute Gasteiger partial charge is 0.268 e. The summed E-state index contributed by atoms with van der Waals surface area (Å²) in [7, 11) is 10.3. The van der Waals surface area contributed by atoms with Gasteiger partial charge in [-0.1, -0.05) is 0 Å². The van der Waals surface area contributed by atoms with E-state index in [2.05, 4.69) is 46.8 Å². The summed E-state index contributed by atoms with van der Waals surface area (Å²) < 4.78 is 0. The van der Waals surface area contributed by atoms with E-state index in [0.29, 0.717) is 11.6 Å². The second-order valence-electron chi connectivity index (χ2n) is 11.6. The number of anilines is 1. The van der Waals surface area contributed by atoms with Crippen LogP contribution in [0.1, 0.15) is 40.4 Å². The van der Waals surface area contributed by atoms with E-state index >= 15 is 0 Å². The minimum atomic E-state index is -0.296. The highest BCUT2D eigenvalue weighted by Crippen LogP contribution is 2.38. The Morgan fingerprint density at radius 3 is 2.33 bits per heavy atom. The number of aromatic nitrogens is 3. The van der Waals surface area contributed by atoms with Crippen molar-refractivity contribution in [2.45, 2.75) is 29.3 Å². The summed E-state index contributed by atoms with van der Waals surface area (Å²) in [5, 5.41) is 2.43. The fourth-order valence-corrected chi connectivity index (χ4v) is 4.95. The summed E-state index contributed by atoms with van der Waals surface area (Å²) in [5.41, 5.74) is 5.09. The monoisotopic (exact) mass is 478 g/mol. The highest BCUT2D eigenvalue weighted by atomic mass is 16.2. The Kier molecular flexibility index (Phi) is 6.31. The maximum atomic E-state index is 12.5. The van der Waals surface area contributed by atoms with E-state index in [1.165, 1.54) is 0 Å². The Hall–Kier alpha value is -2.94. The van der Waals surface area contributed by atoms with Gasteiger partial charge >= 0.3 is 0 Å².